The average molecular weight is 334 g/mol. The zero-order valence-corrected chi connectivity index (χ0v) is 12.8. The number of hydrogen-bond donors (Lipinski definition) is 1. The van der Waals surface area contributed by atoms with E-state index in [9.17, 15) is 18.5 Å². The SMILES string of the molecule is NCC1CCCCN1S(=O)(=O)c1cc([N+](=O)[O-])ccc1Cl. The predicted octanol–water partition coefficient (Wildman–Crippen LogP) is 1.75. The number of non-ortho nitro benzene ring substituents is 1. The summed E-state index contributed by atoms with van der Waals surface area (Å²) in [5.74, 6) is 0. The maximum atomic E-state index is 12.7. The molecule has 7 nitrogen and oxygen atoms in total. The molecule has 1 aliphatic heterocycles. The van der Waals surface area contributed by atoms with E-state index in [-0.39, 0.29) is 28.2 Å². The lowest BCUT2D eigenvalue weighted by molar-refractivity contribution is -0.385. The second kappa shape index (κ2) is 6.27. The number of piperidine rings is 1. The van der Waals surface area contributed by atoms with Crippen molar-refractivity contribution in [2.75, 3.05) is 13.1 Å². The number of sulfonamides is 1. The van der Waals surface area contributed by atoms with Crippen molar-refractivity contribution in [2.45, 2.75) is 30.2 Å². The highest BCUT2D eigenvalue weighted by molar-refractivity contribution is 7.89. The summed E-state index contributed by atoms with van der Waals surface area (Å²) in [7, 11) is -3.89. The van der Waals surface area contributed by atoms with Crippen LogP contribution in [0.25, 0.3) is 0 Å². The molecule has 1 aromatic carbocycles. The van der Waals surface area contributed by atoms with Gasteiger partial charge in [0.2, 0.25) is 10.0 Å². The molecule has 1 aliphatic rings. The van der Waals surface area contributed by atoms with Gasteiger partial charge >= 0.3 is 0 Å². The van der Waals surface area contributed by atoms with Gasteiger partial charge in [0.25, 0.3) is 5.69 Å². The summed E-state index contributed by atoms with van der Waals surface area (Å²) in [6, 6.07) is 3.12. The third-order valence-electron chi connectivity index (χ3n) is 3.56. The fourth-order valence-electron chi connectivity index (χ4n) is 2.46. The topological polar surface area (TPSA) is 107 Å². The van der Waals surface area contributed by atoms with Crippen LogP contribution < -0.4 is 5.73 Å². The summed E-state index contributed by atoms with van der Waals surface area (Å²) in [5.41, 5.74) is 5.33. The fourth-order valence-corrected chi connectivity index (χ4v) is 4.66. The second-order valence-electron chi connectivity index (χ2n) is 4.87. The van der Waals surface area contributed by atoms with Crippen molar-refractivity contribution in [3.8, 4) is 0 Å². The third kappa shape index (κ3) is 3.18. The van der Waals surface area contributed by atoms with Crippen molar-refractivity contribution >= 4 is 27.3 Å². The van der Waals surface area contributed by atoms with Crippen LogP contribution >= 0.6 is 11.6 Å². The van der Waals surface area contributed by atoms with Gasteiger partial charge in [-0.2, -0.15) is 4.31 Å². The summed E-state index contributed by atoms with van der Waals surface area (Å²) >= 11 is 5.94. The van der Waals surface area contributed by atoms with Crippen LogP contribution in [0.3, 0.4) is 0 Å². The minimum absolute atomic E-state index is 0.0260. The maximum Gasteiger partial charge on any atom is 0.270 e. The largest absolute Gasteiger partial charge is 0.329 e. The molecular formula is C12H16ClN3O4S. The lowest BCUT2D eigenvalue weighted by atomic mass is 10.1. The zero-order chi connectivity index (χ0) is 15.6. The van der Waals surface area contributed by atoms with Crippen LogP contribution in [-0.4, -0.2) is 36.8 Å². The number of halogens is 1. The number of nitro benzene ring substituents is 1. The van der Waals surface area contributed by atoms with E-state index < -0.39 is 14.9 Å². The van der Waals surface area contributed by atoms with Gasteiger partial charge in [-0.05, 0) is 18.9 Å². The van der Waals surface area contributed by atoms with Crippen molar-refractivity contribution in [3.63, 3.8) is 0 Å². The van der Waals surface area contributed by atoms with E-state index in [1.54, 1.807) is 0 Å². The van der Waals surface area contributed by atoms with E-state index in [0.29, 0.717) is 13.0 Å². The Morgan fingerprint density at radius 1 is 1.43 bits per heavy atom. The van der Waals surface area contributed by atoms with E-state index in [1.165, 1.54) is 16.4 Å². The van der Waals surface area contributed by atoms with Crippen molar-refractivity contribution in [3.05, 3.63) is 33.3 Å². The molecule has 1 heterocycles. The Morgan fingerprint density at radius 3 is 2.76 bits per heavy atom. The van der Waals surface area contributed by atoms with Crippen LogP contribution in [0.1, 0.15) is 19.3 Å². The van der Waals surface area contributed by atoms with Crippen LogP contribution in [0.5, 0.6) is 0 Å². The molecule has 1 fully saturated rings. The standard InChI is InChI=1S/C12H16ClN3O4S/c13-11-5-4-9(16(17)18)7-12(11)21(19,20)15-6-2-1-3-10(15)8-14/h4-5,7,10H,1-3,6,8,14H2. The number of nitrogens with zero attached hydrogens (tertiary/aromatic N) is 2. The minimum atomic E-state index is -3.89. The molecule has 0 bridgehead atoms. The summed E-state index contributed by atoms with van der Waals surface area (Å²) in [5, 5.41) is 10.8. The number of nitrogens with two attached hydrogens (primary N) is 1. The second-order valence-corrected chi connectivity index (χ2v) is 7.14. The highest BCUT2D eigenvalue weighted by atomic mass is 35.5. The summed E-state index contributed by atoms with van der Waals surface area (Å²) < 4.78 is 26.7. The Labute approximate surface area is 127 Å². The molecule has 116 valence electrons. The van der Waals surface area contributed by atoms with Crippen LogP contribution in [0.2, 0.25) is 5.02 Å². The fraction of sp³-hybridized carbons (Fsp3) is 0.500. The molecule has 1 aromatic rings. The molecular weight excluding hydrogens is 318 g/mol. The van der Waals surface area contributed by atoms with Crippen LogP contribution in [0.15, 0.2) is 23.1 Å². The van der Waals surface area contributed by atoms with Gasteiger partial charge in [-0.3, -0.25) is 10.1 Å². The first-order chi connectivity index (χ1) is 9.87. The molecule has 0 aromatic heterocycles. The Bertz CT molecular complexity index is 650. The maximum absolute atomic E-state index is 12.7. The molecule has 1 atom stereocenters. The molecule has 21 heavy (non-hydrogen) atoms. The zero-order valence-electron chi connectivity index (χ0n) is 11.2. The monoisotopic (exact) mass is 333 g/mol. The van der Waals surface area contributed by atoms with Gasteiger partial charge in [0.1, 0.15) is 4.90 Å². The summed E-state index contributed by atoms with van der Waals surface area (Å²) in [6.45, 7) is 0.564. The molecule has 2 N–H and O–H groups in total. The van der Waals surface area contributed by atoms with Crippen molar-refractivity contribution in [1.82, 2.24) is 4.31 Å². The van der Waals surface area contributed by atoms with E-state index >= 15 is 0 Å². The Kier molecular flexibility index (Phi) is 4.82. The number of nitro groups is 1. The lowest BCUT2D eigenvalue weighted by Gasteiger charge is -2.34. The molecule has 0 spiro atoms. The third-order valence-corrected chi connectivity index (χ3v) is 5.99. The molecule has 1 unspecified atom stereocenters. The first kappa shape index (κ1) is 16.2. The van der Waals surface area contributed by atoms with Crippen molar-refractivity contribution < 1.29 is 13.3 Å². The summed E-state index contributed by atoms with van der Waals surface area (Å²) in [4.78, 5) is 9.94. The van der Waals surface area contributed by atoms with Crippen molar-refractivity contribution in [1.29, 1.82) is 0 Å². The molecule has 0 radical (unpaired) electrons. The van der Waals surface area contributed by atoms with E-state index in [4.69, 9.17) is 17.3 Å². The van der Waals surface area contributed by atoms with Gasteiger partial charge in [0, 0.05) is 31.3 Å². The van der Waals surface area contributed by atoms with Crippen LogP contribution in [-0.2, 0) is 10.0 Å². The number of rotatable bonds is 4. The van der Waals surface area contributed by atoms with E-state index in [1.807, 2.05) is 0 Å². The molecule has 2 rings (SSSR count). The summed E-state index contributed by atoms with van der Waals surface area (Å²) in [6.07, 6.45) is 2.33. The van der Waals surface area contributed by atoms with Crippen molar-refractivity contribution in [2.24, 2.45) is 5.73 Å². The molecule has 0 saturated carbocycles. The number of hydrogen-bond acceptors (Lipinski definition) is 5. The predicted molar refractivity (Wildman–Crippen MR) is 78.7 cm³/mol. The Hall–Kier alpha value is -1.22. The normalized spacial score (nSPS) is 20.4. The van der Waals surface area contributed by atoms with Gasteiger partial charge in [0.05, 0.1) is 9.95 Å². The van der Waals surface area contributed by atoms with Crippen LogP contribution in [0.4, 0.5) is 5.69 Å². The highest BCUT2D eigenvalue weighted by Crippen LogP contribution is 2.31. The quantitative estimate of drug-likeness (QED) is 0.667. The smallest absolute Gasteiger partial charge is 0.270 e. The number of benzene rings is 1. The van der Waals surface area contributed by atoms with Crippen LogP contribution in [0, 0.1) is 10.1 Å². The minimum Gasteiger partial charge on any atom is -0.329 e. The first-order valence-corrected chi connectivity index (χ1v) is 8.35. The molecule has 1 saturated heterocycles. The Balaban J connectivity index is 2.47. The van der Waals surface area contributed by atoms with E-state index in [2.05, 4.69) is 0 Å². The average Bonchev–Trinajstić information content (AvgIpc) is 2.47. The van der Waals surface area contributed by atoms with Gasteiger partial charge in [-0.25, -0.2) is 8.42 Å². The van der Waals surface area contributed by atoms with Gasteiger partial charge in [-0.15, -0.1) is 0 Å². The van der Waals surface area contributed by atoms with Gasteiger partial charge < -0.3 is 5.73 Å². The molecule has 0 amide bonds. The lowest BCUT2D eigenvalue weighted by Crippen LogP contribution is -2.47. The highest BCUT2D eigenvalue weighted by Gasteiger charge is 2.34. The first-order valence-electron chi connectivity index (χ1n) is 6.53. The molecule has 9 heteroatoms. The molecule has 0 aliphatic carbocycles. The van der Waals surface area contributed by atoms with Gasteiger partial charge in [0.15, 0.2) is 0 Å². The van der Waals surface area contributed by atoms with E-state index in [0.717, 1.165) is 18.9 Å². The Morgan fingerprint density at radius 2 is 2.14 bits per heavy atom. The van der Waals surface area contributed by atoms with Gasteiger partial charge in [-0.1, -0.05) is 18.0 Å².